The number of ether oxygens (including phenoxy) is 1. The number of morpholine rings is 1. The Morgan fingerprint density at radius 3 is 2.27 bits per heavy atom. The molecular weight excluding hydrogens is 198 g/mol. The summed E-state index contributed by atoms with van der Waals surface area (Å²) in [7, 11) is 0. The normalized spacial score (nSPS) is 34.0. The zero-order valence-electron chi connectivity index (χ0n) is 8.25. The SMILES string of the molecule is O=C1N[C@@H]2NC(=[N+]3CCOCC3)N[C@@H]2N1. The molecule has 3 rings (SSSR count). The molecule has 7 heteroatoms. The summed E-state index contributed by atoms with van der Waals surface area (Å²) in [6, 6.07) is -0.133. The summed E-state index contributed by atoms with van der Waals surface area (Å²) < 4.78 is 7.46. The molecule has 0 aromatic carbocycles. The number of nitrogens with zero attached hydrogens (tertiary/aromatic N) is 1. The van der Waals surface area contributed by atoms with Crippen molar-refractivity contribution in [2.45, 2.75) is 12.3 Å². The van der Waals surface area contributed by atoms with E-state index in [1.807, 2.05) is 0 Å². The van der Waals surface area contributed by atoms with Crippen molar-refractivity contribution in [3.8, 4) is 0 Å². The van der Waals surface area contributed by atoms with Crippen LogP contribution in [0.4, 0.5) is 4.79 Å². The number of urea groups is 1. The van der Waals surface area contributed by atoms with Gasteiger partial charge in [0.05, 0.1) is 26.3 Å². The number of hydrogen-bond acceptors (Lipinski definition) is 2. The zero-order valence-corrected chi connectivity index (χ0v) is 8.25. The molecule has 0 unspecified atom stereocenters. The Morgan fingerprint density at radius 2 is 1.67 bits per heavy atom. The highest BCUT2D eigenvalue weighted by Gasteiger charge is 2.44. The van der Waals surface area contributed by atoms with Crippen molar-refractivity contribution in [3.63, 3.8) is 0 Å². The Labute approximate surface area is 86.9 Å². The van der Waals surface area contributed by atoms with Crippen molar-refractivity contribution >= 4 is 12.0 Å². The molecule has 15 heavy (non-hydrogen) atoms. The maximum Gasteiger partial charge on any atom is 0.349 e. The number of amides is 2. The standard InChI is InChI=1S/C8H13N5O2/c14-8-11-5-6(12-8)10-7(9-5)13-1-3-15-4-2-13/h5-6H,1-4H2,(H3,9,10,11,12,14)/p+1/t5-,6+. The van der Waals surface area contributed by atoms with Crippen LogP contribution in [0, 0.1) is 0 Å². The summed E-state index contributed by atoms with van der Waals surface area (Å²) in [5.41, 5.74) is 0. The Bertz CT molecular complexity index is 303. The highest BCUT2D eigenvalue weighted by molar-refractivity contribution is 5.85. The van der Waals surface area contributed by atoms with Crippen LogP contribution in [0.2, 0.25) is 0 Å². The fourth-order valence-electron chi connectivity index (χ4n) is 2.04. The third kappa shape index (κ3) is 1.48. The number of nitrogens with one attached hydrogen (secondary N) is 4. The minimum absolute atomic E-state index is 0.0460. The molecule has 0 aromatic heterocycles. The lowest BCUT2D eigenvalue weighted by atomic mass is 10.4. The van der Waals surface area contributed by atoms with E-state index in [1.165, 1.54) is 0 Å². The Morgan fingerprint density at radius 1 is 1.07 bits per heavy atom. The lowest BCUT2D eigenvalue weighted by Gasteiger charge is -2.16. The van der Waals surface area contributed by atoms with E-state index in [0.717, 1.165) is 32.3 Å². The topological polar surface area (TPSA) is 77.4 Å². The molecule has 3 heterocycles. The van der Waals surface area contributed by atoms with E-state index in [0.29, 0.717) is 0 Å². The van der Waals surface area contributed by atoms with Gasteiger partial charge in [0.2, 0.25) is 12.3 Å². The van der Waals surface area contributed by atoms with Crippen LogP contribution in [-0.2, 0) is 4.74 Å². The lowest BCUT2D eigenvalue weighted by molar-refractivity contribution is -0.552. The van der Waals surface area contributed by atoms with Crippen LogP contribution in [0.25, 0.3) is 0 Å². The fourth-order valence-corrected chi connectivity index (χ4v) is 2.04. The van der Waals surface area contributed by atoms with Crippen LogP contribution < -0.4 is 21.3 Å². The van der Waals surface area contributed by atoms with E-state index in [1.54, 1.807) is 0 Å². The smallest absolute Gasteiger partial charge is 0.349 e. The molecule has 0 spiro atoms. The monoisotopic (exact) mass is 212 g/mol. The summed E-state index contributed by atoms with van der Waals surface area (Å²) in [5, 5.41) is 12.0. The maximum absolute atomic E-state index is 11.0. The Hall–Kier alpha value is -1.50. The average Bonchev–Trinajstić information content (AvgIpc) is 2.76. The van der Waals surface area contributed by atoms with Gasteiger partial charge in [-0.25, -0.2) is 4.79 Å². The number of carbonyl (C=O) groups excluding carboxylic acids is 1. The first-order chi connectivity index (χ1) is 7.33. The number of rotatable bonds is 0. The third-order valence-electron chi connectivity index (χ3n) is 2.82. The molecule has 0 bridgehead atoms. The van der Waals surface area contributed by atoms with E-state index >= 15 is 0 Å². The van der Waals surface area contributed by atoms with Gasteiger partial charge in [-0.15, -0.1) is 0 Å². The number of fused-ring (bicyclic) bond motifs is 1. The van der Waals surface area contributed by atoms with Crippen LogP contribution >= 0.6 is 0 Å². The van der Waals surface area contributed by atoms with Crippen LogP contribution in [0.15, 0.2) is 0 Å². The highest BCUT2D eigenvalue weighted by atomic mass is 16.5. The van der Waals surface area contributed by atoms with Crippen molar-refractivity contribution in [2.24, 2.45) is 0 Å². The van der Waals surface area contributed by atoms with Crippen LogP contribution in [-0.4, -0.2) is 55.2 Å². The summed E-state index contributed by atoms with van der Waals surface area (Å²) in [5.74, 6) is 0.973. The molecule has 3 aliphatic heterocycles. The van der Waals surface area contributed by atoms with E-state index in [9.17, 15) is 4.79 Å². The first-order valence-corrected chi connectivity index (χ1v) is 5.13. The van der Waals surface area contributed by atoms with E-state index < -0.39 is 0 Å². The molecule has 82 valence electrons. The fraction of sp³-hybridized carbons (Fsp3) is 0.750. The van der Waals surface area contributed by atoms with Gasteiger partial charge in [-0.05, 0) is 0 Å². The largest absolute Gasteiger partial charge is 0.375 e. The predicted octanol–water partition coefficient (Wildman–Crippen LogP) is -2.46. The van der Waals surface area contributed by atoms with Crippen molar-refractivity contribution in [1.82, 2.24) is 21.3 Å². The van der Waals surface area contributed by atoms with E-state index in [2.05, 4.69) is 25.8 Å². The molecule has 3 saturated heterocycles. The van der Waals surface area contributed by atoms with Gasteiger partial charge >= 0.3 is 12.0 Å². The van der Waals surface area contributed by atoms with Crippen LogP contribution in [0.3, 0.4) is 0 Å². The van der Waals surface area contributed by atoms with Gasteiger partial charge < -0.3 is 15.4 Å². The molecule has 3 aliphatic rings. The summed E-state index contributed by atoms with van der Waals surface area (Å²) in [6.07, 6.45) is -0.0920. The molecule has 7 nitrogen and oxygen atoms in total. The second kappa shape index (κ2) is 3.27. The average molecular weight is 212 g/mol. The van der Waals surface area contributed by atoms with Gasteiger partial charge in [-0.2, -0.15) is 0 Å². The van der Waals surface area contributed by atoms with Gasteiger partial charge in [0.25, 0.3) is 0 Å². The molecule has 2 amide bonds. The molecule has 0 aliphatic carbocycles. The number of guanidine groups is 1. The van der Waals surface area contributed by atoms with Crippen LogP contribution in [0.5, 0.6) is 0 Å². The van der Waals surface area contributed by atoms with Crippen molar-refractivity contribution in [1.29, 1.82) is 0 Å². The highest BCUT2D eigenvalue weighted by Crippen LogP contribution is 2.02. The predicted molar refractivity (Wildman–Crippen MR) is 51.3 cm³/mol. The minimum Gasteiger partial charge on any atom is -0.375 e. The van der Waals surface area contributed by atoms with Gasteiger partial charge in [0.15, 0.2) is 0 Å². The molecule has 0 saturated carbocycles. The molecular formula is C8H14N5O2+. The minimum atomic E-state index is -0.133. The first-order valence-electron chi connectivity index (χ1n) is 5.13. The summed E-state index contributed by atoms with van der Waals surface area (Å²) in [6.45, 7) is 3.26. The lowest BCUT2D eigenvalue weighted by Crippen LogP contribution is -2.47. The Balaban J connectivity index is 1.73. The maximum atomic E-state index is 11.0. The molecule has 4 N–H and O–H groups in total. The van der Waals surface area contributed by atoms with Gasteiger partial charge in [-0.3, -0.25) is 15.2 Å². The number of carbonyl (C=O) groups is 1. The third-order valence-corrected chi connectivity index (χ3v) is 2.82. The van der Waals surface area contributed by atoms with Gasteiger partial charge in [-0.1, -0.05) is 0 Å². The molecule has 0 radical (unpaired) electrons. The summed E-state index contributed by atoms with van der Waals surface area (Å²) in [4.78, 5) is 11.0. The molecule has 2 atom stereocenters. The van der Waals surface area contributed by atoms with Gasteiger partial charge in [0, 0.05) is 0 Å². The molecule has 3 fully saturated rings. The Kier molecular flexibility index (Phi) is 1.91. The van der Waals surface area contributed by atoms with Crippen LogP contribution in [0.1, 0.15) is 0 Å². The number of hydrogen-bond donors (Lipinski definition) is 4. The second-order valence-corrected chi connectivity index (χ2v) is 3.81. The van der Waals surface area contributed by atoms with E-state index in [-0.39, 0.29) is 18.4 Å². The van der Waals surface area contributed by atoms with Crippen molar-refractivity contribution in [2.75, 3.05) is 26.3 Å². The van der Waals surface area contributed by atoms with Gasteiger partial charge in [0.1, 0.15) is 0 Å². The first kappa shape index (κ1) is 8.78. The van der Waals surface area contributed by atoms with Crippen molar-refractivity contribution in [3.05, 3.63) is 0 Å². The second-order valence-electron chi connectivity index (χ2n) is 3.81. The molecule has 0 aromatic rings. The zero-order chi connectivity index (χ0) is 10.3. The summed E-state index contributed by atoms with van der Waals surface area (Å²) >= 11 is 0. The van der Waals surface area contributed by atoms with Crippen molar-refractivity contribution < 1.29 is 14.1 Å². The quantitative estimate of drug-likeness (QED) is 0.336. The van der Waals surface area contributed by atoms with E-state index in [4.69, 9.17) is 4.74 Å².